The molecule has 3 heterocycles. The first kappa shape index (κ1) is 31.9. The summed E-state index contributed by atoms with van der Waals surface area (Å²) in [5, 5.41) is 7.00. The molecule has 1 aromatic heterocycles. The zero-order chi connectivity index (χ0) is 26.1. The summed E-state index contributed by atoms with van der Waals surface area (Å²) in [6.45, 7) is 16.3. The van der Waals surface area contributed by atoms with E-state index in [9.17, 15) is 0 Å². The molecule has 2 aliphatic rings. The van der Waals surface area contributed by atoms with Crippen molar-refractivity contribution in [3.8, 4) is 0 Å². The van der Waals surface area contributed by atoms with Gasteiger partial charge in [0, 0.05) is 76.1 Å². The van der Waals surface area contributed by atoms with Crippen LogP contribution in [0.25, 0.3) is 0 Å². The Balaban J connectivity index is 0.00000145. The number of allylic oxidation sites excluding steroid dienone is 5. The average Bonchev–Trinajstić information content (AvgIpc) is 3.16. The highest BCUT2D eigenvalue weighted by molar-refractivity contribution is 9.11. The van der Waals surface area contributed by atoms with Crippen molar-refractivity contribution < 1.29 is 9.84 Å². The second-order valence-corrected chi connectivity index (χ2v) is 10.4. The van der Waals surface area contributed by atoms with Crippen LogP contribution in [0.4, 0.5) is 5.69 Å². The van der Waals surface area contributed by atoms with Crippen LogP contribution < -0.4 is 4.90 Å². The molecular formula is C27H45BrN4O2S. The maximum absolute atomic E-state index is 7.00. The Morgan fingerprint density at radius 1 is 1.17 bits per heavy atom. The lowest BCUT2D eigenvalue weighted by atomic mass is 9.99. The van der Waals surface area contributed by atoms with Gasteiger partial charge in [-0.3, -0.25) is 9.88 Å². The van der Waals surface area contributed by atoms with Gasteiger partial charge in [-0.1, -0.05) is 48.5 Å². The quantitative estimate of drug-likeness (QED) is 0.308. The number of piperazine rings is 1. The molecule has 0 aliphatic carbocycles. The fourth-order valence-electron chi connectivity index (χ4n) is 4.27. The van der Waals surface area contributed by atoms with Gasteiger partial charge in [-0.05, 0) is 67.2 Å². The fourth-order valence-corrected chi connectivity index (χ4v) is 5.32. The first-order chi connectivity index (χ1) is 17.1. The highest BCUT2D eigenvalue weighted by Gasteiger charge is 2.30. The zero-order valence-electron chi connectivity index (χ0n) is 22.2. The monoisotopic (exact) mass is 568 g/mol. The standard InChI is InChI=1S/C24H35BrN4OS.C2H6.CH4O/c1-4-22(25)8-7-20(2)31-29-17-16-28(24(19-29)30-3)18-21-6-5-14-27(15-11-21)23-9-12-26-13-10-23;2*1-2/h4,7-10,12-13,21,24H,1,5-6,11,14-19H2,2-3H3;1-2H3;2H,1H3/b20-7+,22-8+;;. The summed E-state index contributed by atoms with van der Waals surface area (Å²) in [4.78, 5) is 10.5. The van der Waals surface area contributed by atoms with Gasteiger partial charge in [0.15, 0.2) is 0 Å². The lowest BCUT2D eigenvalue weighted by molar-refractivity contribution is -0.0689. The number of nitrogens with zero attached hydrogens (tertiary/aromatic N) is 4. The topological polar surface area (TPSA) is 52.1 Å². The number of halogens is 1. The van der Waals surface area contributed by atoms with E-state index in [0.717, 1.165) is 56.8 Å². The third kappa shape index (κ3) is 11.6. The van der Waals surface area contributed by atoms with Crippen molar-refractivity contribution in [2.75, 3.05) is 58.4 Å². The van der Waals surface area contributed by atoms with Gasteiger partial charge in [-0.25, -0.2) is 4.31 Å². The van der Waals surface area contributed by atoms with Crippen LogP contribution in [0, 0.1) is 5.92 Å². The summed E-state index contributed by atoms with van der Waals surface area (Å²) in [6.07, 6.45) is 13.7. The molecular weight excluding hydrogens is 524 g/mol. The van der Waals surface area contributed by atoms with Crippen molar-refractivity contribution in [1.29, 1.82) is 0 Å². The molecule has 35 heavy (non-hydrogen) atoms. The molecule has 0 aromatic carbocycles. The largest absolute Gasteiger partial charge is 0.400 e. The van der Waals surface area contributed by atoms with Crippen LogP contribution in [0.3, 0.4) is 0 Å². The Morgan fingerprint density at radius 2 is 1.89 bits per heavy atom. The maximum Gasteiger partial charge on any atom is 0.124 e. The van der Waals surface area contributed by atoms with Crippen LogP contribution in [-0.4, -0.2) is 79.0 Å². The number of hydrogen-bond acceptors (Lipinski definition) is 7. The number of aliphatic hydroxyl groups excluding tert-OH is 1. The van der Waals surface area contributed by atoms with Gasteiger partial charge in [-0.2, -0.15) is 0 Å². The van der Waals surface area contributed by atoms with Crippen LogP contribution in [0.15, 0.2) is 58.7 Å². The van der Waals surface area contributed by atoms with Crippen LogP contribution in [0.1, 0.15) is 40.0 Å². The predicted octanol–water partition coefficient (Wildman–Crippen LogP) is 5.93. The van der Waals surface area contributed by atoms with Gasteiger partial charge < -0.3 is 14.7 Å². The lowest BCUT2D eigenvalue weighted by Gasteiger charge is -2.41. The van der Waals surface area contributed by atoms with Crippen molar-refractivity contribution >= 4 is 33.6 Å². The van der Waals surface area contributed by atoms with Crippen molar-refractivity contribution in [2.24, 2.45) is 5.92 Å². The minimum absolute atomic E-state index is 0.157. The highest BCUT2D eigenvalue weighted by atomic mass is 79.9. The molecule has 0 radical (unpaired) electrons. The molecule has 1 N–H and O–H groups in total. The average molecular weight is 570 g/mol. The van der Waals surface area contributed by atoms with Crippen molar-refractivity contribution in [1.82, 2.24) is 14.2 Å². The Labute approximate surface area is 226 Å². The summed E-state index contributed by atoms with van der Waals surface area (Å²) in [5.41, 5.74) is 1.30. The van der Waals surface area contributed by atoms with Crippen molar-refractivity contribution in [3.05, 3.63) is 58.7 Å². The Bertz CT molecular complexity index is 763. The van der Waals surface area contributed by atoms with Gasteiger partial charge in [0.05, 0.1) is 0 Å². The third-order valence-corrected chi connectivity index (χ3v) is 7.59. The summed E-state index contributed by atoms with van der Waals surface area (Å²) in [6, 6.07) is 4.25. The molecule has 2 saturated heterocycles. The van der Waals surface area contributed by atoms with Gasteiger partial charge in [0.2, 0.25) is 0 Å². The maximum atomic E-state index is 7.00. The molecule has 1 aromatic rings. The van der Waals surface area contributed by atoms with E-state index in [0.29, 0.717) is 0 Å². The molecule has 8 heteroatoms. The van der Waals surface area contributed by atoms with Gasteiger partial charge in [0.25, 0.3) is 0 Å². The minimum Gasteiger partial charge on any atom is -0.400 e. The summed E-state index contributed by atoms with van der Waals surface area (Å²) in [5.74, 6) is 0.728. The Morgan fingerprint density at radius 3 is 2.54 bits per heavy atom. The van der Waals surface area contributed by atoms with E-state index in [-0.39, 0.29) is 6.23 Å². The molecule has 0 spiro atoms. The second kappa shape index (κ2) is 19.0. The first-order valence-corrected chi connectivity index (χ1v) is 14.1. The molecule has 0 amide bonds. The minimum atomic E-state index is 0.157. The number of anilines is 1. The number of methoxy groups -OCH3 is 1. The van der Waals surface area contributed by atoms with E-state index >= 15 is 0 Å². The van der Waals surface area contributed by atoms with E-state index in [1.54, 1.807) is 6.08 Å². The van der Waals surface area contributed by atoms with Crippen molar-refractivity contribution in [3.63, 3.8) is 0 Å². The normalized spacial score (nSPS) is 22.3. The second-order valence-electron chi connectivity index (χ2n) is 8.19. The van der Waals surface area contributed by atoms with Crippen LogP contribution in [-0.2, 0) is 4.74 Å². The number of aromatic nitrogens is 1. The molecule has 2 unspecified atom stereocenters. The lowest BCUT2D eigenvalue weighted by Crippen LogP contribution is -2.53. The van der Waals surface area contributed by atoms with Gasteiger partial charge >= 0.3 is 0 Å². The van der Waals surface area contributed by atoms with E-state index in [1.165, 1.54) is 29.9 Å². The van der Waals surface area contributed by atoms with Crippen molar-refractivity contribution in [2.45, 2.75) is 46.3 Å². The molecule has 198 valence electrons. The van der Waals surface area contributed by atoms with Crippen LogP contribution in [0.5, 0.6) is 0 Å². The Hall–Kier alpha value is -1.16. The van der Waals surface area contributed by atoms with Gasteiger partial charge in [-0.15, -0.1) is 0 Å². The van der Waals surface area contributed by atoms with E-state index in [2.05, 4.69) is 66.7 Å². The highest BCUT2D eigenvalue weighted by Crippen LogP contribution is 2.28. The third-order valence-electron chi connectivity index (χ3n) is 5.99. The number of ether oxygens (including phenoxy) is 1. The zero-order valence-corrected chi connectivity index (χ0v) is 24.6. The molecule has 3 rings (SSSR count). The molecule has 6 nitrogen and oxygen atoms in total. The van der Waals surface area contributed by atoms with Crippen LogP contribution in [0.2, 0.25) is 0 Å². The smallest absolute Gasteiger partial charge is 0.124 e. The number of hydrogen-bond donors (Lipinski definition) is 1. The summed E-state index contributed by atoms with van der Waals surface area (Å²) in [7, 11) is 2.84. The van der Waals surface area contributed by atoms with E-state index in [4.69, 9.17) is 9.84 Å². The molecule has 0 saturated carbocycles. The Kier molecular flexibility index (Phi) is 17.3. The number of rotatable bonds is 8. The molecule has 0 bridgehead atoms. The number of pyridine rings is 1. The summed E-state index contributed by atoms with van der Waals surface area (Å²) >= 11 is 5.29. The molecule has 2 atom stereocenters. The molecule has 2 aliphatic heterocycles. The predicted molar refractivity (Wildman–Crippen MR) is 156 cm³/mol. The van der Waals surface area contributed by atoms with E-state index < -0.39 is 0 Å². The summed E-state index contributed by atoms with van der Waals surface area (Å²) < 4.78 is 9.31. The fraction of sp³-hybridized carbons (Fsp3) is 0.593. The SMILES string of the molecule is C=C/C(Br)=C\C=C(/C)SN1CCN(CC2CCCN(c3ccncc3)CC2)C(OC)C1.CC.CO. The molecule has 2 fully saturated rings. The number of aliphatic hydroxyl groups is 1. The van der Waals surface area contributed by atoms with Gasteiger partial charge in [0.1, 0.15) is 6.23 Å². The van der Waals surface area contributed by atoms with E-state index in [1.807, 2.05) is 51.4 Å². The van der Waals surface area contributed by atoms with Crippen LogP contribution >= 0.6 is 27.9 Å². The first-order valence-electron chi connectivity index (χ1n) is 12.5.